The quantitative estimate of drug-likeness (QED) is 0.549. The molecule has 1 saturated carbocycles. The maximum absolute atomic E-state index is 10.4. The second-order valence-corrected chi connectivity index (χ2v) is 3.23. The second-order valence-electron chi connectivity index (χ2n) is 3.23. The van der Waals surface area contributed by atoms with E-state index < -0.39 is 4.92 Å². The number of hydrogen-bond donors (Lipinski definition) is 0. The zero-order chi connectivity index (χ0) is 10.8. The van der Waals surface area contributed by atoms with Crippen LogP contribution in [0.15, 0.2) is 12.3 Å². The van der Waals surface area contributed by atoms with Crippen LogP contribution < -0.4 is 4.74 Å². The minimum atomic E-state index is -0.589. The summed E-state index contributed by atoms with van der Waals surface area (Å²) in [6.07, 6.45) is 3.11. The highest BCUT2D eigenvalue weighted by Crippen LogP contribution is 2.28. The summed E-state index contributed by atoms with van der Waals surface area (Å²) in [7, 11) is 0. The molecule has 2 rings (SSSR count). The summed E-state index contributed by atoms with van der Waals surface area (Å²) in [5, 5.41) is 19.2. The lowest BCUT2D eigenvalue weighted by molar-refractivity contribution is -0.385. The minimum Gasteiger partial charge on any atom is -0.473 e. The van der Waals surface area contributed by atoms with Gasteiger partial charge in [0.1, 0.15) is 23.9 Å². The zero-order valence-electron chi connectivity index (χ0n) is 7.71. The predicted molar refractivity (Wildman–Crippen MR) is 49.3 cm³/mol. The number of aromatic nitrogens is 1. The van der Waals surface area contributed by atoms with Gasteiger partial charge in [0, 0.05) is 6.07 Å². The van der Waals surface area contributed by atoms with E-state index in [-0.39, 0.29) is 23.2 Å². The van der Waals surface area contributed by atoms with Crippen molar-refractivity contribution in [3.05, 3.63) is 27.9 Å². The third-order valence-corrected chi connectivity index (χ3v) is 1.97. The Morgan fingerprint density at radius 1 is 1.67 bits per heavy atom. The van der Waals surface area contributed by atoms with Crippen LogP contribution in [0, 0.1) is 21.4 Å². The Kier molecular flexibility index (Phi) is 2.21. The molecule has 0 amide bonds. The van der Waals surface area contributed by atoms with Crippen LogP contribution >= 0.6 is 0 Å². The van der Waals surface area contributed by atoms with Crippen molar-refractivity contribution < 1.29 is 9.66 Å². The van der Waals surface area contributed by atoms with Gasteiger partial charge in [-0.2, -0.15) is 5.26 Å². The van der Waals surface area contributed by atoms with Crippen molar-refractivity contribution >= 4 is 5.69 Å². The fourth-order valence-electron chi connectivity index (χ4n) is 1.06. The van der Waals surface area contributed by atoms with Gasteiger partial charge in [0.15, 0.2) is 0 Å². The summed E-state index contributed by atoms with van der Waals surface area (Å²) < 4.78 is 5.33. The minimum absolute atomic E-state index is 0.107. The van der Waals surface area contributed by atoms with Crippen molar-refractivity contribution in [1.82, 2.24) is 4.98 Å². The topological polar surface area (TPSA) is 89.0 Å². The number of rotatable bonds is 3. The smallest absolute Gasteiger partial charge is 0.289 e. The highest BCUT2D eigenvalue weighted by molar-refractivity contribution is 5.45. The first-order valence-corrected chi connectivity index (χ1v) is 4.42. The van der Waals surface area contributed by atoms with Gasteiger partial charge in [-0.3, -0.25) is 10.1 Å². The molecule has 1 aliphatic rings. The Bertz CT molecular complexity index is 448. The molecule has 1 aromatic rings. The first-order valence-electron chi connectivity index (χ1n) is 4.42. The molecule has 6 nitrogen and oxygen atoms in total. The van der Waals surface area contributed by atoms with Crippen LogP contribution in [0.1, 0.15) is 18.4 Å². The zero-order valence-corrected chi connectivity index (χ0v) is 7.71. The number of pyridine rings is 1. The van der Waals surface area contributed by atoms with Crippen molar-refractivity contribution in [3.8, 4) is 11.9 Å². The van der Waals surface area contributed by atoms with Crippen molar-refractivity contribution in [1.29, 1.82) is 5.26 Å². The lowest BCUT2D eigenvalue weighted by Crippen LogP contribution is -2.01. The molecule has 1 heterocycles. The maximum atomic E-state index is 10.4. The monoisotopic (exact) mass is 205 g/mol. The second kappa shape index (κ2) is 3.53. The molecular formula is C9H7N3O3. The van der Waals surface area contributed by atoms with Crippen molar-refractivity contribution in [2.45, 2.75) is 18.9 Å². The summed E-state index contributed by atoms with van der Waals surface area (Å²) in [6, 6.07) is 3.00. The van der Waals surface area contributed by atoms with E-state index in [9.17, 15) is 10.1 Å². The summed E-state index contributed by atoms with van der Waals surface area (Å²) >= 11 is 0. The Hall–Kier alpha value is -2.16. The van der Waals surface area contributed by atoms with E-state index >= 15 is 0 Å². The molecule has 1 fully saturated rings. The van der Waals surface area contributed by atoms with Gasteiger partial charge in [-0.05, 0) is 12.8 Å². The summed E-state index contributed by atoms with van der Waals surface area (Å²) in [5.41, 5.74) is -0.0919. The molecule has 0 N–H and O–H groups in total. The van der Waals surface area contributed by atoms with Crippen LogP contribution in [0.2, 0.25) is 0 Å². The molecule has 0 saturated heterocycles. The number of nitro groups is 1. The number of hydrogen-bond acceptors (Lipinski definition) is 5. The molecule has 0 spiro atoms. The Labute approximate surface area is 85.3 Å². The predicted octanol–water partition coefficient (Wildman–Crippen LogP) is 1.40. The van der Waals surface area contributed by atoms with E-state index in [1.54, 1.807) is 0 Å². The average molecular weight is 205 g/mol. The third-order valence-electron chi connectivity index (χ3n) is 1.97. The molecular weight excluding hydrogens is 198 g/mol. The van der Waals surface area contributed by atoms with E-state index in [0.717, 1.165) is 19.0 Å². The van der Waals surface area contributed by atoms with E-state index in [2.05, 4.69) is 4.98 Å². The van der Waals surface area contributed by atoms with E-state index in [1.807, 2.05) is 6.07 Å². The number of nitrogens with zero attached hydrogens (tertiary/aromatic N) is 3. The molecule has 0 atom stereocenters. The normalized spacial score (nSPS) is 14.3. The van der Waals surface area contributed by atoms with Crippen LogP contribution in [0.4, 0.5) is 5.69 Å². The summed E-state index contributed by atoms with van der Waals surface area (Å²) in [5.74, 6) is 0.186. The average Bonchev–Trinajstić information content (AvgIpc) is 3.02. The first kappa shape index (κ1) is 9.40. The maximum Gasteiger partial charge on any atom is 0.289 e. The summed E-state index contributed by atoms with van der Waals surface area (Å²) in [6.45, 7) is 0. The SMILES string of the molecule is N#Cc1cc([N+](=O)[O-])cnc1OC1CC1. The highest BCUT2D eigenvalue weighted by Gasteiger charge is 2.26. The van der Waals surface area contributed by atoms with Gasteiger partial charge in [-0.15, -0.1) is 0 Å². The van der Waals surface area contributed by atoms with Crippen LogP contribution in [0.25, 0.3) is 0 Å². The highest BCUT2D eigenvalue weighted by atomic mass is 16.6. The van der Waals surface area contributed by atoms with Crippen molar-refractivity contribution in [2.75, 3.05) is 0 Å². The lowest BCUT2D eigenvalue weighted by atomic mass is 10.3. The van der Waals surface area contributed by atoms with E-state index in [1.165, 1.54) is 6.07 Å². The number of ether oxygens (including phenoxy) is 1. The molecule has 1 aliphatic carbocycles. The largest absolute Gasteiger partial charge is 0.473 e. The van der Waals surface area contributed by atoms with Crippen molar-refractivity contribution in [3.63, 3.8) is 0 Å². The fourth-order valence-corrected chi connectivity index (χ4v) is 1.06. The molecule has 1 aromatic heterocycles. The fraction of sp³-hybridized carbons (Fsp3) is 0.333. The van der Waals surface area contributed by atoms with E-state index in [0.29, 0.717) is 0 Å². The Morgan fingerprint density at radius 3 is 2.93 bits per heavy atom. The first-order chi connectivity index (χ1) is 7.20. The molecule has 76 valence electrons. The Morgan fingerprint density at radius 2 is 2.40 bits per heavy atom. The van der Waals surface area contributed by atoms with Gasteiger partial charge < -0.3 is 4.74 Å². The standard InChI is InChI=1S/C9H7N3O3/c10-4-6-3-7(12(13)14)5-11-9(6)15-8-1-2-8/h3,5,8H,1-2H2. The molecule has 0 aromatic carbocycles. The van der Waals surface area contributed by atoms with E-state index in [4.69, 9.17) is 10.00 Å². The van der Waals surface area contributed by atoms with Gasteiger partial charge in [0.25, 0.3) is 5.69 Å². The molecule has 15 heavy (non-hydrogen) atoms. The molecule has 0 bridgehead atoms. The van der Waals surface area contributed by atoms with Crippen LogP contribution in [0.3, 0.4) is 0 Å². The van der Waals surface area contributed by atoms with Gasteiger partial charge in [0.2, 0.25) is 5.88 Å². The van der Waals surface area contributed by atoms with Crippen LogP contribution in [-0.2, 0) is 0 Å². The Balaban J connectivity index is 2.30. The van der Waals surface area contributed by atoms with Gasteiger partial charge >= 0.3 is 0 Å². The molecule has 0 radical (unpaired) electrons. The molecule has 6 heteroatoms. The van der Waals surface area contributed by atoms with Gasteiger partial charge in [-0.25, -0.2) is 4.98 Å². The lowest BCUT2D eigenvalue weighted by Gasteiger charge is -2.03. The molecule has 0 aliphatic heterocycles. The summed E-state index contributed by atoms with van der Waals surface area (Å²) in [4.78, 5) is 13.6. The molecule has 0 unspecified atom stereocenters. The van der Waals surface area contributed by atoms with Gasteiger partial charge in [-0.1, -0.05) is 0 Å². The van der Waals surface area contributed by atoms with Crippen molar-refractivity contribution in [2.24, 2.45) is 0 Å². The number of nitriles is 1. The third kappa shape index (κ3) is 2.02. The van der Waals surface area contributed by atoms with Crippen LogP contribution in [-0.4, -0.2) is 16.0 Å². The van der Waals surface area contributed by atoms with Gasteiger partial charge in [0.05, 0.1) is 4.92 Å². The van der Waals surface area contributed by atoms with Crippen LogP contribution in [0.5, 0.6) is 5.88 Å².